The highest BCUT2D eigenvalue weighted by atomic mass is 32.2. The molecule has 4 rings (SSSR count). The third kappa shape index (κ3) is 3.10. The second-order valence-electron chi connectivity index (χ2n) is 6.47. The van der Waals surface area contributed by atoms with Crippen molar-refractivity contribution < 1.29 is 12.8 Å². The fourth-order valence-electron chi connectivity index (χ4n) is 3.61. The maximum atomic E-state index is 13.3. The van der Waals surface area contributed by atoms with Crippen LogP contribution in [0.25, 0.3) is 22.5 Å². The molecule has 134 valence electrons. The van der Waals surface area contributed by atoms with E-state index in [-0.39, 0.29) is 10.5 Å². The van der Waals surface area contributed by atoms with E-state index in [1.165, 1.54) is 25.0 Å². The fourth-order valence-corrected chi connectivity index (χ4v) is 4.00. The molecule has 0 radical (unpaired) electrons. The van der Waals surface area contributed by atoms with Gasteiger partial charge in [0.2, 0.25) is 10.3 Å². The lowest BCUT2D eigenvalue weighted by Gasteiger charge is -2.16. The summed E-state index contributed by atoms with van der Waals surface area (Å²) in [6, 6.07) is 10.0. The molecule has 0 unspecified atom stereocenters. The van der Waals surface area contributed by atoms with Gasteiger partial charge in [-0.3, -0.25) is 0 Å². The Kier molecular flexibility index (Phi) is 4.46. The highest BCUT2D eigenvalue weighted by Crippen LogP contribution is 2.38. The Bertz CT molecular complexity index is 1100. The van der Waals surface area contributed by atoms with Gasteiger partial charge in [-0.2, -0.15) is 8.42 Å². The highest BCUT2D eigenvalue weighted by molar-refractivity contribution is 7.63. The van der Waals surface area contributed by atoms with E-state index in [0.717, 1.165) is 35.4 Å². The van der Waals surface area contributed by atoms with Crippen LogP contribution in [0.5, 0.6) is 0 Å². The lowest BCUT2D eigenvalue weighted by molar-refractivity contribution is 0.523. The van der Waals surface area contributed by atoms with Crippen LogP contribution in [0.4, 0.5) is 4.39 Å². The van der Waals surface area contributed by atoms with Crippen LogP contribution >= 0.6 is 0 Å². The number of imidazole rings is 1. The molecule has 1 saturated carbocycles. The zero-order valence-corrected chi connectivity index (χ0v) is 14.8. The number of hydrogen-bond donors (Lipinski definition) is 1. The Morgan fingerprint density at radius 3 is 2.50 bits per heavy atom. The summed E-state index contributed by atoms with van der Waals surface area (Å²) in [6.45, 7) is 0. The van der Waals surface area contributed by atoms with Crippen molar-refractivity contribution in [1.82, 2.24) is 14.5 Å². The smallest absolute Gasteiger partial charge is 0.238 e. The number of aromatic amines is 1. The Labute approximate surface area is 151 Å². The second-order valence-corrected chi connectivity index (χ2v) is 7.38. The van der Waals surface area contributed by atoms with Gasteiger partial charge in [0, 0.05) is 23.4 Å². The molecule has 5 nitrogen and oxygen atoms in total. The average molecular weight is 371 g/mol. The molecule has 2 heterocycles. The van der Waals surface area contributed by atoms with Crippen LogP contribution in [0.15, 0.2) is 48.9 Å². The molecule has 26 heavy (non-hydrogen) atoms. The Hall–Kier alpha value is -2.67. The summed E-state index contributed by atoms with van der Waals surface area (Å²) in [5, 5.41) is 0. The minimum atomic E-state index is -2.35. The first-order chi connectivity index (χ1) is 12.6. The number of H-pyrrole nitrogens is 1. The summed E-state index contributed by atoms with van der Waals surface area (Å²) < 4.78 is 38.3. The van der Waals surface area contributed by atoms with Crippen molar-refractivity contribution in [3.8, 4) is 22.5 Å². The first kappa shape index (κ1) is 16.8. The quantitative estimate of drug-likeness (QED) is 0.701. The number of rotatable bonds is 3. The maximum Gasteiger partial charge on any atom is 0.238 e. The minimum Gasteiger partial charge on any atom is -0.349 e. The number of nitrogens with zero attached hydrogens (tertiary/aromatic N) is 2. The van der Waals surface area contributed by atoms with E-state index in [1.807, 2.05) is 12.4 Å². The van der Waals surface area contributed by atoms with E-state index in [0.29, 0.717) is 6.04 Å². The number of aromatic nitrogens is 3. The first-order valence-corrected chi connectivity index (χ1v) is 9.65. The maximum absolute atomic E-state index is 13.3. The summed E-state index contributed by atoms with van der Waals surface area (Å²) in [5.41, 5.74) is 3.16. The molecular formula is C19H18FN3O2S. The molecular weight excluding hydrogens is 353 g/mol. The molecule has 3 aromatic rings. The fraction of sp³-hybridized carbons (Fsp3) is 0.263. The van der Waals surface area contributed by atoms with Crippen molar-refractivity contribution in [2.45, 2.75) is 31.7 Å². The number of pyridine rings is 1. The molecule has 0 bridgehead atoms. The van der Waals surface area contributed by atoms with E-state index in [4.69, 9.17) is 0 Å². The van der Waals surface area contributed by atoms with Crippen molar-refractivity contribution in [1.29, 1.82) is 0 Å². The van der Waals surface area contributed by atoms with Crippen molar-refractivity contribution >= 4 is 10.3 Å². The first-order valence-electron chi connectivity index (χ1n) is 8.57. The van der Waals surface area contributed by atoms with Gasteiger partial charge in [0.25, 0.3) is 0 Å². The van der Waals surface area contributed by atoms with E-state index >= 15 is 0 Å². The normalized spacial score (nSPS) is 14.7. The summed E-state index contributed by atoms with van der Waals surface area (Å²) >= 11 is 0. The van der Waals surface area contributed by atoms with E-state index < -0.39 is 10.3 Å². The standard InChI is InChI=1S/C19H18FN3O2S/c20-15-7-5-13(6-8-15)18-19(14-9-10-21-17(11-14)26(24)25)23(12-22-18)16-3-1-2-4-16/h5-12,16,21H,1-4H2. The lowest BCUT2D eigenvalue weighted by Crippen LogP contribution is -2.05. The summed E-state index contributed by atoms with van der Waals surface area (Å²) in [5.74, 6) is -0.302. The lowest BCUT2D eigenvalue weighted by atomic mass is 10.0. The van der Waals surface area contributed by atoms with Crippen molar-refractivity contribution in [3.05, 3.63) is 59.4 Å². The SMILES string of the molecule is O=S(=O)=c1cc(-c2c(-c3ccc(F)cc3)ncn2C2CCCC2)cc[nH]1. The third-order valence-corrected chi connectivity index (χ3v) is 5.45. The van der Waals surface area contributed by atoms with Gasteiger partial charge in [0.15, 0.2) is 4.64 Å². The van der Waals surface area contributed by atoms with Crippen LogP contribution in [0, 0.1) is 10.5 Å². The number of hydrogen-bond acceptors (Lipinski definition) is 3. The molecule has 1 aromatic carbocycles. The minimum absolute atomic E-state index is 0.117. The molecule has 1 aliphatic carbocycles. The van der Waals surface area contributed by atoms with Gasteiger partial charge in [-0.25, -0.2) is 9.37 Å². The Balaban J connectivity index is 1.95. The summed E-state index contributed by atoms with van der Waals surface area (Å²) in [7, 11) is -2.35. The van der Waals surface area contributed by atoms with Gasteiger partial charge in [0.05, 0.1) is 17.7 Å². The van der Waals surface area contributed by atoms with Gasteiger partial charge in [-0.05, 0) is 49.2 Å². The summed E-state index contributed by atoms with van der Waals surface area (Å²) in [4.78, 5) is 7.32. The highest BCUT2D eigenvalue weighted by Gasteiger charge is 2.23. The topological polar surface area (TPSA) is 67.8 Å². The van der Waals surface area contributed by atoms with Crippen molar-refractivity contribution in [2.24, 2.45) is 0 Å². The van der Waals surface area contributed by atoms with E-state index in [1.54, 1.807) is 24.4 Å². The predicted octanol–water partition coefficient (Wildman–Crippen LogP) is 4.21. The molecule has 1 N–H and O–H groups in total. The average Bonchev–Trinajstić information content (AvgIpc) is 3.32. The van der Waals surface area contributed by atoms with Gasteiger partial charge >= 0.3 is 0 Å². The number of nitrogens with one attached hydrogen (secondary N) is 1. The third-order valence-electron chi connectivity index (χ3n) is 4.86. The van der Waals surface area contributed by atoms with Gasteiger partial charge in [-0.15, -0.1) is 0 Å². The molecule has 0 spiro atoms. The van der Waals surface area contributed by atoms with Crippen LogP contribution in [-0.2, 0) is 10.3 Å². The van der Waals surface area contributed by atoms with Crippen molar-refractivity contribution in [3.63, 3.8) is 0 Å². The van der Waals surface area contributed by atoms with E-state index in [9.17, 15) is 12.8 Å². The van der Waals surface area contributed by atoms with Gasteiger partial charge in [-0.1, -0.05) is 12.8 Å². The largest absolute Gasteiger partial charge is 0.349 e. The molecule has 1 fully saturated rings. The number of benzene rings is 1. The van der Waals surface area contributed by atoms with Gasteiger partial charge in [0.1, 0.15) is 5.82 Å². The number of halogens is 1. The monoisotopic (exact) mass is 371 g/mol. The zero-order valence-electron chi connectivity index (χ0n) is 14.0. The van der Waals surface area contributed by atoms with Crippen LogP contribution in [0.1, 0.15) is 31.7 Å². The summed E-state index contributed by atoms with van der Waals surface area (Å²) in [6.07, 6.45) is 7.92. The molecule has 0 saturated heterocycles. The van der Waals surface area contributed by atoms with Gasteiger partial charge < -0.3 is 9.55 Å². The molecule has 7 heteroatoms. The molecule has 1 aliphatic rings. The Morgan fingerprint density at radius 2 is 1.81 bits per heavy atom. The molecule has 0 amide bonds. The second kappa shape index (κ2) is 6.92. The molecule has 0 atom stereocenters. The van der Waals surface area contributed by atoms with Crippen LogP contribution in [0.3, 0.4) is 0 Å². The molecule has 0 aliphatic heterocycles. The van der Waals surface area contributed by atoms with Crippen LogP contribution < -0.4 is 0 Å². The van der Waals surface area contributed by atoms with Crippen LogP contribution in [-0.4, -0.2) is 23.0 Å². The predicted molar refractivity (Wildman–Crippen MR) is 97.1 cm³/mol. The molecule has 2 aromatic heterocycles. The van der Waals surface area contributed by atoms with Crippen molar-refractivity contribution in [2.75, 3.05) is 0 Å². The van der Waals surface area contributed by atoms with Crippen LogP contribution in [0.2, 0.25) is 0 Å². The van der Waals surface area contributed by atoms with E-state index in [2.05, 4.69) is 14.5 Å². The zero-order chi connectivity index (χ0) is 18.1. The Morgan fingerprint density at radius 1 is 1.08 bits per heavy atom.